The van der Waals surface area contributed by atoms with Gasteiger partial charge in [0, 0.05) is 24.7 Å². The van der Waals surface area contributed by atoms with Crippen molar-refractivity contribution in [3.63, 3.8) is 0 Å². The van der Waals surface area contributed by atoms with E-state index in [4.69, 9.17) is 5.11 Å². The van der Waals surface area contributed by atoms with Crippen LogP contribution in [0.25, 0.3) is 0 Å². The Kier molecular flexibility index (Phi) is 5.11. The molecule has 0 spiro atoms. The lowest BCUT2D eigenvalue weighted by Crippen LogP contribution is -2.42. The number of aliphatic carboxylic acids is 1. The van der Waals surface area contributed by atoms with Gasteiger partial charge in [-0.15, -0.1) is 0 Å². The van der Waals surface area contributed by atoms with Crippen LogP contribution in [0.1, 0.15) is 20.3 Å². The van der Waals surface area contributed by atoms with E-state index in [0.29, 0.717) is 13.0 Å². The van der Waals surface area contributed by atoms with Crippen LogP contribution in [0.3, 0.4) is 0 Å². The first-order valence-electron chi connectivity index (χ1n) is 6.13. The van der Waals surface area contributed by atoms with E-state index in [1.807, 2.05) is 13.8 Å². The molecule has 19 heavy (non-hydrogen) atoms. The summed E-state index contributed by atoms with van der Waals surface area (Å²) in [6.07, 6.45) is 2.18. The number of hydrogen-bond acceptors (Lipinski definition) is 4. The average molecular weight is 289 g/mol. The molecule has 1 saturated heterocycles. The van der Waals surface area contributed by atoms with Gasteiger partial charge in [0.25, 0.3) is 0 Å². The third-order valence-electron chi connectivity index (χ3n) is 2.86. The summed E-state index contributed by atoms with van der Waals surface area (Å²) in [7, 11) is -3.08. The molecular weight excluding hydrogens is 270 g/mol. The number of rotatable bonds is 5. The van der Waals surface area contributed by atoms with Crippen LogP contribution in [0.4, 0.5) is 0 Å². The van der Waals surface area contributed by atoms with Gasteiger partial charge in [-0.05, 0) is 12.3 Å². The number of sulfone groups is 1. The van der Waals surface area contributed by atoms with Gasteiger partial charge in [0.1, 0.15) is 0 Å². The van der Waals surface area contributed by atoms with Crippen molar-refractivity contribution < 1.29 is 23.1 Å². The van der Waals surface area contributed by atoms with Gasteiger partial charge in [-0.3, -0.25) is 4.79 Å². The third kappa shape index (κ3) is 5.02. The van der Waals surface area contributed by atoms with Crippen molar-refractivity contribution in [2.75, 3.05) is 18.1 Å². The molecular formula is C12H19NO5S. The minimum Gasteiger partial charge on any atom is -0.478 e. The first kappa shape index (κ1) is 15.7. The number of carbonyl (C=O) groups is 2. The van der Waals surface area contributed by atoms with Gasteiger partial charge in [-0.25, -0.2) is 13.2 Å². The van der Waals surface area contributed by atoms with Crippen LogP contribution in [-0.2, 0) is 19.4 Å². The van der Waals surface area contributed by atoms with Crippen molar-refractivity contribution in [3.8, 4) is 0 Å². The summed E-state index contributed by atoms with van der Waals surface area (Å²) in [6, 6.07) is -0.349. The van der Waals surface area contributed by atoms with Crippen LogP contribution < -0.4 is 0 Å². The molecule has 1 heterocycles. The number of nitrogens with zero attached hydrogens (tertiary/aromatic N) is 1. The predicted molar refractivity (Wildman–Crippen MR) is 70.4 cm³/mol. The second-order valence-corrected chi connectivity index (χ2v) is 7.34. The SMILES string of the molecule is CC(C)CN(C(=O)/C=C/C(=O)O)C1CCS(=O)(=O)C1. The molecule has 1 aliphatic rings. The lowest BCUT2D eigenvalue weighted by atomic mass is 10.1. The van der Waals surface area contributed by atoms with E-state index in [0.717, 1.165) is 12.2 Å². The molecule has 1 N–H and O–H groups in total. The van der Waals surface area contributed by atoms with Crippen molar-refractivity contribution in [2.24, 2.45) is 5.92 Å². The fourth-order valence-corrected chi connectivity index (χ4v) is 3.80. The molecule has 0 aromatic carbocycles. The van der Waals surface area contributed by atoms with Crippen LogP contribution in [-0.4, -0.2) is 54.4 Å². The summed E-state index contributed by atoms with van der Waals surface area (Å²) < 4.78 is 22.9. The monoisotopic (exact) mass is 289 g/mol. The Labute approximate surface area is 113 Å². The van der Waals surface area contributed by atoms with Crippen molar-refractivity contribution in [1.82, 2.24) is 4.90 Å². The van der Waals surface area contributed by atoms with E-state index < -0.39 is 21.7 Å². The van der Waals surface area contributed by atoms with Gasteiger partial charge >= 0.3 is 5.97 Å². The zero-order chi connectivity index (χ0) is 14.6. The summed E-state index contributed by atoms with van der Waals surface area (Å²) in [4.78, 5) is 23.8. The number of hydrogen-bond donors (Lipinski definition) is 1. The summed E-state index contributed by atoms with van der Waals surface area (Å²) in [6.45, 7) is 4.26. The fraction of sp³-hybridized carbons (Fsp3) is 0.667. The maximum Gasteiger partial charge on any atom is 0.328 e. The van der Waals surface area contributed by atoms with Crippen LogP contribution in [0, 0.1) is 5.92 Å². The van der Waals surface area contributed by atoms with E-state index in [-0.39, 0.29) is 23.5 Å². The smallest absolute Gasteiger partial charge is 0.328 e. The maximum absolute atomic E-state index is 12.0. The summed E-state index contributed by atoms with van der Waals surface area (Å²) >= 11 is 0. The molecule has 1 aliphatic heterocycles. The number of carboxylic acid groups (broad SMARTS) is 1. The predicted octanol–water partition coefficient (Wildman–Crippen LogP) is 0.299. The van der Waals surface area contributed by atoms with Gasteiger partial charge < -0.3 is 10.0 Å². The van der Waals surface area contributed by atoms with Gasteiger partial charge in [0.15, 0.2) is 9.84 Å². The number of carbonyl (C=O) groups excluding carboxylic acids is 1. The molecule has 0 aromatic heterocycles. The fourth-order valence-electron chi connectivity index (χ4n) is 2.07. The molecule has 0 bridgehead atoms. The van der Waals surface area contributed by atoms with E-state index in [2.05, 4.69) is 0 Å². The zero-order valence-corrected chi connectivity index (χ0v) is 11.9. The molecule has 0 aliphatic carbocycles. The van der Waals surface area contributed by atoms with E-state index in [1.165, 1.54) is 4.90 Å². The normalized spacial score (nSPS) is 21.9. The van der Waals surface area contributed by atoms with Crippen molar-refractivity contribution in [3.05, 3.63) is 12.2 Å². The summed E-state index contributed by atoms with van der Waals surface area (Å²) in [5.41, 5.74) is 0. The lowest BCUT2D eigenvalue weighted by Gasteiger charge is -2.28. The quantitative estimate of drug-likeness (QED) is 0.735. The molecule has 6 nitrogen and oxygen atoms in total. The average Bonchev–Trinajstić information content (AvgIpc) is 2.62. The molecule has 1 rings (SSSR count). The second kappa shape index (κ2) is 6.18. The molecule has 0 saturated carbocycles. The Bertz CT molecular complexity index is 480. The minimum absolute atomic E-state index is 0.0353. The van der Waals surface area contributed by atoms with E-state index >= 15 is 0 Å². The number of amides is 1. The summed E-state index contributed by atoms with van der Waals surface area (Å²) in [5.74, 6) is -1.41. The number of carboxylic acids is 1. The van der Waals surface area contributed by atoms with E-state index in [1.54, 1.807) is 0 Å². The first-order chi connectivity index (χ1) is 8.71. The van der Waals surface area contributed by atoms with Gasteiger partial charge in [0.2, 0.25) is 5.91 Å². The minimum atomic E-state index is -3.08. The lowest BCUT2D eigenvalue weighted by molar-refractivity contribution is -0.132. The molecule has 1 atom stereocenters. The van der Waals surface area contributed by atoms with Crippen molar-refractivity contribution in [1.29, 1.82) is 0 Å². The Balaban J connectivity index is 2.83. The van der Waals surface area contributed by atoms with Crippen LogP contribution in [0.2, 0.25) is 0 Å². The van der Waals surface area contributed by atoms with Crippen molar-refractivity contribution >= 4 is 21.7 Å². The Morgan fingerprint density at radius 1 is 1.37 bits per heavy atom. The van der Waals surface area contributed by atoms with Gasteiger partial charge in [-0.2, -0.15) is 0 Å². The molecule has 1 fully saturated rings. The van der Waals surface area contributed by atoms with Crippen LogP contribution in [0.5, 0.6) is 0 Å². The highest BCUT2D eigenvalue weighted by Gasteiger charge is 2.34. The molecule has 108 valence electrons. The molecule has 7 heteroatoms. The molecule has 1 amide bonds. The Hall–Kier alpha value is -1.37. The van der Waals surface area contributed by atoms with Gasteiger partial charge in [0.05, 0.1) is 11.5 Å². The largest absolute Gasteiger partial charge is 0.478 e. The highest BCUT2D eigenvalue weighted by Crippen LogP contribution is 2.19. The summed E-state index contributed by atoms with van der Waals surface area (Å²) in [5, 5.41) is 8.52. The van der Waals surface area contributed by atoms with Crippen molar-refractivity contribution in [2.45, 2.75) is 26.3 Å². The molecule has 1 unspecified atom stereocenters. The maximum atomic E-state index is 12.0. The topological polar surface area (TPSA) is 91.8 Å². The molecule has 0 radical (unpaired) electrons. The van der Waals surface area contributed by atoms with E-state index in [9.17, 15) is 18.0 Å². The molecule has 0 aromatic rings. The third-order valence-corrected chi connectivity index (χ3v) is 4.61. The Morgan fingerprint density at radius 3 is 2.42 bits per heavy atom. The second-order valence-electron chi connectivity index (χ2n) is 5.11. The standard InChI is InChI=1S/C12H19NO5S/c1-9(2)7-13(11(14)3-4-12(15)16)10-5-6-19(17,18)8-10/h3-4,9-10H,5-8H2,1-2H3,(H,15,16)/b4-3+. The first-order valence-corrected chi connectivity index (χ1v) is 7.95. The Morgan fingerprint density at radius 2 is 2.00 bits per heavy atom. The highest BCUT2D eigenvalue weighted by molar-refractivity contribution is 7.91. The zero-order valence-electron chi connectivity index (χ0n) is 11.1. The highest BCUT2D eigenvalue weighted by atomic mass is 32.2. The van der Waals surface area contributed by atoms with Gasteiger partial charge in [-0.1, -0.05) is 13.8 Å². The van der Waals surface area contributed by atoms with Crippen LogP contribution in [0.15, 0.2) is 12.2 Å². The van der Waals surface area contributed by atoms with Crippen LogP contribution >= 0.6 is 0 Å².